The Morgan fingerprint density at radius 1 is 1.05 bits per heavy atom. The molecular weight excluding hydrogens is 264 g/mol. The molecule has 0 radical (unpaired) electrons. The Kier molecular flexibility index (Phi) is 3.66. The van der Waals surface area contributed by atoms with Gasteiger partial charge in [-0.3, -0.25) is 4.79 Å². The van der Waals surface area contributed by atoms with Crippen molar-refractivity contribution < 1.29 is 4.79 Å². The normalized spacial score (nSPS) is 21.0. The largest absolute Gasteiger partial charge is 0.294 e. The molecule has 2 aromatic carbocycles. The van der Waals surface area contributed by atoms with Crippen LogP contribution in [0.1, 0.15) is 34.3 Å². The van der Waals surface area contributed by atoms with Crippen molar-refractivity contribution in [1.82, 2.24) is 0 Å². The Labute approximate surface area is 124 Å². The van der Waals surface area contributed by atoms with Crippen molar-refractivity contribution in [3.63, 3.8) is 0 Å². The summed E-state index contributed by atoms with van der Waals surface area (Å²) in [5.41, 5.74) is 3.45. The SMILES string of the molecule is CSc1ccc(CC2c3ccccc3C(=O)C2C)cc1. The molecule has 0 N–H and O–H groups in total. The van der Waals surface area contributed by atoms with E-state index in [4.69, 9.17) is 0 Å². The molecule has 0 aromatic heterocycles. The lowest BCUT2D eigenvalue weighted by molar-refractivity contribution is 0.0934. The molecule has 0 saturated heterocycles. The molecule has 2 heteroatoms. The number of thioether (sulfide) groups is 1. The van der Waals surface area contributed by atoms with Gasteiger partial charge in [0.2, 0.25) is 0 Å². The minimum atomic E-state index is 0.0904. The second-order valence-electron chi connectivity index (χ2n) is 5.40. The van der Waals surface area contributed by atoms with Gasteiger partial charge in [-0.05, 0) is 41.9 Å². The Morgan fingerprint density at radius 2 is 1.75 bits per heavy atom. The average molecular weight is 282 g/mol. The van der Waals surface area contributed by atoms with Crippen molar-refractivity contribution in [2.45, 2.75) is 24.2 Å². The Morgan fingerprint density at radius 3 is 2.45 bits per heavy atom. The fourth-order valence-corrected chi connectivity index (χ4v) is 3.45. The second kappa shape index (κ2) is 5.45. The van der Waals surface area contributed by atoms with Crippen LogP contribution in [-0.4, -0.2) is 12.0 Å². The lowest BCUT2D eigenvalue weighted by Gasteiger charge is -2.16. The van der Waals surface area contributed by atoms with Gasteiger partial charge in [0.15, 0.2) is 5.78 Å². The van der Waals surface area contributed by atoms with Crippen LogP contribution in [0.3, 0.4) is 0 Å². The van der Waals surface area contributed by atoms with E-state index in [1.807, 2.05) is 18.2 Å². The number of rotatable bonds is 3. The van der Waals surface area contributed by atoms with Gasteiger partial charge in [-0.2, -0.15) is 0 Å². The zero-order chi connectivity index (χ0) is 14.1. The van der Waals surface area contributed by atoms with Crippen LogP contribution in [-0.2, 0) is 6.42 Å². The maximum atomic E-state index is 12.3. The number of fused-ring (bicyclic) bond motifs is 1. The third kappa shape index (κ3) is 2.29. The van der Waals surface area contributed by atoms with E-state index in [0.29, 0.717) is 11.7 Å². The van der Waals surface area contributed by atoms with Crippen molar-refractivity contribution in [2.75, 3.05) is 6.26 Å². The molecular formula is C18H18OS. The number of hydrogen-bond acceptors (Lipinski definition) is 2. The molecule has 0 fully saturated rings. The van der Waals surface area contributed by atoms with Gasteiger partial charge in [-0.25, -0.2) is 0 Å². The summed E-state index contributed by atoms with van der Waals surface area (Å²) in [7, 11) is 0. The van der Waals surface area contributed by atoms with E-state index < -0.39 is 0 Å². The highest BCUT2D eigenvalue weighted by Gasteiger charge is 2.35. The second-order valence-corrected chi connectivity index (χ2v) is 6.28. The first-order valence-corrected chi connectivity index (χ1v) is 8.19. The number of hydrogen-bond donors (Lipinski definition) is 0. The molecule has 20 heavy (non-hydrogen) atoms. The summed E-state index contributed by atoms with van der Waals surface area (Å²) < 4.78 is 0. The van der Waals surface area contributed by atoms with Crippen LogP contribution in [0.15, 0.2) is 53.4 Å². The topological polar surface area (TPSA) is 17.1 Å². The first-order chi connectivity index (χ1) is 9.70. The van der Waals surface area contributed by atoms with Crippen LogP contribution in [0, 0.1) is 5.92 Å². The van der Waals surface area contributed by atoms with Gasteiger partial charge in [0.25, 0.3) is 0 Å². The van der Waals surface area contributed by atoms with Crippen LogP contribution >= 0.6 is 11.8 Å². The number of carbonyl (C=O) groups is 1. The highest BCUT2D eigenvalue weighted by Crippen LogP contribution is 2.39. The van der Waals surface area contributed by atoms with Crippen molar-refractivity contribution in [2.24, 2.45) is 5.92 Å². The fourth-order valence-electron chi connectivity index (χ4n) is 3.04. The van der Waals surface area contributed by atoms with Crippen molar-refractivity contribution >= 4 is 17.5 Å². The van der Waals surface area contributed by atoms with E-state index in [0.717, 1.165) is 12.0 Å². The van der Waals surface area contributed by atoms with Gasteiger partial charge in [-0.1, -0.05) is 43.3 Å². The lowest BCUT2D eigenvalue weighted by Crippen LogP contribution is -2.11. The third-order valence-corrected chi connectivity index (χ3v) is 5.00. The quantitative estimate of drug-likeness (QED) is 0.767. The number of Topliss-reactive ketones (excluding diaryl/α,β-unsaturated/α-hetero) is 1. The zero-order valence-electron chi connectivity index (χ0n) is 11.8. The predicted molar refractivity (Wildman–Crippen MR) is 84.6 cm³/mol. The van der Waals surface area contributed by atoms with Crippen LogP contribution in [0.5, 0.6) is 0 Å². The lowest BCUT2D eigenvalue weighted by atomic mass is 9.87. The molecule has 0 aliphatic heterocycles. The highest BCUT2D eigenvalue weighted by atomic mass is 32.2. The first kappa shape index (κ1) is 13.4. The maximum Gasteiger partial charge on any atom is 0.166 e. The summed E-state index contributed by atoms with van der Waals surface area (Å²) in [6.45, 7) is 2.06. The average Bonchev–Trinajstić information content (AvgIpc) is 2.74. The molecule has 2 atom stereocenters. The Balaban J connectivity index is 1.88. The summed E-state index contributed by atoms with van der Waals surface area (Å²) in [6, 6.07) is 16.8. The van der Waals surface area contributed by atoms with Gasteiger partial charge >= 0.3 is 0 Å². The molecule has 0 bridgehead atoms. The van der Waals surface area contributed by atoms with E-state index in [2.05, 4.69) is 43.5 Å². The smallest absolute Gasteiger partial charge is 0.166 e. The van der Waals surface area contributed by atoms with Gasteiger partial charge < -0.3 is 0 Å². The summed E-state index contributed by atoms with van der Waals surface area (Å²) in [4.78, 5) is 13.6. The molecule has 0 heterocycles. The molecule has 0 amide bonds. The monoisotopic (exact) mass is 282 g/mol. The molecule has 1 nitrogen and oxygen atoms in total. The van der Waals surface area contributed by atoms with Crippen LogP contribution in [0.2, 0.25) is 0 Å². The summed E-state index contributed by atoms with van der Waals surface area (Å²) in [5, 5.41) is 0. The summed E-state index contributed by atoms with van der Waals surface area (Å²) >= 11 is 1.76. The standard InChI is InChI=1S/C18H18OS/c1-12-17(11-13-7-9-14(20-2)10-8-13)15-5-3-4-6-16(15)18(12)19/h3-10,12,17H,11H2,1-2H3. The van der Waals surface area contributed by atoms with Crippen molar-refractivity contribution in [1.29, 1.82) is 0 Å². The van der Waals surface area contributed by atoms with Gasteiger partial charge in [0.1, 0.15) is 0 Å². The molecule has 0 spiro atoms. The number of ketones is 1. The minimum absolute atomic E-state index is 0.0904. The Hall–Kier alpha value is -1.54. The van der Waals surface area contributed by atoms with Gasteiger partial charge in [-0.15, -0.1) is 11.8 Å². The van der Waals surface area contributed by atoms with Gasteiger partial charge in [0.05, 0.1) is 0 Å². The van der Waals surface area contributed by atoms with E-state index in [9.17, 15) is 4.79 Å². The Bertz CT molecular complexity index is 630. The van der Waals surface area contributed by atoms with E-state index in [1.165, 1.54) is 16.0 Å². The molecule has 1 aliphatic rings. The minimum Gasteiger partial charge on any atom is -0.294 e. The zero-order valence-corrected chi connectivity index (χ0v) is 12.6. The molecule has 0 saturated carbocycles. The molecule has 2 aromatic rings. The molecule has 1 aliphatic carbocycles. The van der Waals surface area contributed by atoms with Crippen LogP contribution in [0.25, 0.3) is 0 Å². The first-order valence-electron chi connectivity index (χ1n) is 6.97. The van der Waals surface area contributed by atoms with Gasteiger partial charge in [0, 0.05) is 16.4 Å². The van der Waals surface area contributed by atoms with Crippen molar-refractivity contribution in [3.8, 4) is 0 Å². The van der Waals surface area contributed by atoms with E-state index in [-0.39, 0.29) is 5.92 Å². The summed E-state index contributed by atoms with van der Waals surface area (Å²) in [5.74, 6) is 0.706. The molecule has 2 unspecified atom stereocenters. The summed E-state index contributed by atoms with van der Waals surface area (Å²) in [6.07, 6.45) is 3.03. The van der Waals surface area contributed by atoms with E-state index >= 15 is 0 Å². The number of benzene rings is 2. The predicted octanol–water partition coefficient (Wildman–Crippen LogP) is 4.57. The molecule has 3 rings (SSSR count). The number of carbonyl (C=O) groups excluding carboxylic acids is 1. The van der Waals surface area contributed by atoms with Crippen LogP contribution < -0.4 is 0 Å². The fraction of sp³-hybridized carbons (Fsp3) is 0.278. The highest BCUT2D eigenvalue weighted by molar-refractivity contribution is 7.98. The van der Waals surface area contributed by atoms with Crippen molar-refractivity contribution in [3.05, 3.63) is 65.2 Å². The molecule has 102 valence electrons. The van der Waals surface area contributed by atoms with E-state index in [1.54, 1.807) is 11.8 Å². The van der Waals surface area contributed by atoms with Crippen LogP contribution in [0.4, 0.5) is 0 Å². The third-order valence-electron chi connectivity index (χ3n) is 4.26. The maximum absolute atomic E-state index is 12.3.